The summed E-state index contributed by atoms with van der Waals surface area (Å²) in [6.45, 7) is 7.45. The van der Waals surface area contributed by atoms with E-state index in [1.54, 1.807) is 0 Å². The van der Waals surface area contributed by atoms with Gasteiger partial charge in [-0.15, -0.1) is 0 Å². The van der Waals surface area contributed by atoms with Crippen molar-refractivity contribution in [1.29, 1.82) is 0 Å². The molecule has 0 spiro atoms. The van der Waals surface area contributed by atoms with Gasteiger partial charge in [-0.3, -0.25) is 4.99 Å². The Morgan fingerprint density at radius 3 is 2.61 bits per heavy atom. The molecule has 1 rings (SSSR count). The lowest BCUT2D eigenvalue weighted by Gasteiger charge is -2.08. The zero-order valence-corrected chi connectivity index (χ0v) is 11.4. The molecule has 0 radical (unpaired) electrons. The molecule has 0 unspecified atom stereocenters. The maximum atomic E-state index is 5.68. The number of nitrogens with two attached hydrogens (primary N) is 1. The normalized spacial score (nSPS) is 11.7. The quantitative estimate of drug-likeness (QED) is 0.461. The summed E-state index contributed by atoms with van der Waals surface area (Å²) in [4.78, 5) is 4.21. The highest BCUT2D eigenvalue weighted by molar-refractivity contribution is 5.77. The fraction of sp³-hybridized carbons (Fsp3) is 0.500. The first-order chi connectivity index (χ1) is 8.58. The molecule has 0 aliphatic carbocycles. The van der Waals surface area contributed by atoms with E-state index in [1.807, 2.05) is 38.1 Å². The molecule has 0 bridgehead atoms. The van der Waals surface area contributed by atoms with Gasteiger partial charge >= 0.3 is 0 Å². The Kier molecular flexibility index (Phi) is 6.05. The van der Waals surface area contributed by atoms with E-state index >= 15 is 0 Å². The summed E-state index contributed by atoms with van der Waals surface area (Å²) in [5.74, 6) is 1.40. The number of nitrogens with zero attached hydrogens (tertiary/aromatic N) is 1. The summed E-state index contributed by atoms with van der Waals surface area (Å²) >= 11 is 0. The Labute approximate surface area is 109 Å². The van der Waals surface area contributed by atoms with E-state index < -0.39 is 0 Å². The standard InChI is InChI=1S/C14H23N3O/c1-11(2)17-14(15)16-9-4-10-18-13-7-5-12(3)6-8-13/h5-8,11H,4,9-10H2,1-3H3,(H3,15,16,17). The van der Waals surface area contributed by atoms with Gasteiger partial charge in [-0.05, 0) is 32.9 Å². The van der Waals surface area contributed by atoms with Gasteiger partial charge in [0.25, 0.3) is 0 Å². The number of rotatable bonds is 6. The molecular weight excluding hydrogens is 226 g/mol. The maximum Gasteiger partial charge on any atom is 0.188 e. The first-order valence-electron chi connectivity index (χ1n) is 6.34. The summed E-state index contributed by atoms with van der Waals surface area (Å²) in [6, 6.07) is 8.36. The van der Waals surface area contributed by atoms with Crippen LogP contribution in [0.3, 0.4) is 0 Å². The van der Waals surface area contributed by atoms with Crippen LogP contribution in [0.5, 0.6) is 5.75 Å². The summed E-state index contributed by atoms with van der Waals surface area (Å²) in [5.41, 5.74) is 6.92. The molecule has 0 fully saturated rings. The summed E-state index contributed by atoms with van der Waals surface area (Å²) in [5, 5.41) is 3.04. The molecule has 0 saturated carbocycles. The largest absolute Gasteiger partial charge is 0.494 e. The second-order valence-corrected chi connectivity index (χ2v) is 4.58. The highest BCUT2D eigenvalue weighted by atomic mass is 16.5. The third-order valence-corrected chi connectivity index (χ3v) is 2.31. The van der Waals surface area contributed by atoms with Gasteiger partial charge in [-0.1, -0.05) is 17.7 Å². The predicted molar refractivity (Wildman–Crippen MR) is 76.1 cm³/mol. The number of guanidine groups is 1. The van der Waals surface area contributed by atoms with E-state index in [1.165, 1.54) is 5.56 Å². The molecule has 0 saturated heterocycles. The van der Waals surface area contributed by atoms with Gasteiger partial charge in [-0.2, -0.15) is 0 Å². The van der Waals surface area contributed by atoms with Crippen molar-refractivity contribution in [2.75, 3.05) is 13.2 Å². The van der Waals surface area contributed by atoms with Crippen LogP contribution >= 0.6 is 0 Å². The lowest BCUT2D eigenvalue weighted by Crippen LogP contribution is -2.36. The van der Waals surface area contributed by atoms with Crippen molar-refractivity contribution in [3.05, 3.63) is 29.8 Å². The molecule has 0 amide bonds. The first-order valence-corrected chi connectivity index (χ1v) is 6.34. The van der Waals surface area contributed by atoms with E-state index in [0.717, 1.165) is 12.2 Å². The number of aryl methyl sites for hydroxylation is 1. The second kappa shape index (κ2) is 7.58. The fourth-order valence-corrected chi connectivity index (χ4v) is 1.43. The Bertz CT molecular complexity index is 371. The maximum absolute atomic E-state index is 5.68. The highest BCUT2D eigenvalue weighted by Crippen LogP contribution is 2.11. The van der Waals surface area contributed by atoms with E-state index in [9.17, 15) is 0 Å². The minimum absolute atomic E-state index is 0.317. The molecule has 0 aromatic heterocycles. The summed E-state index contributed by atoms with van der Waals surface area (Å²) in [7, 11) is 0. The molecule has 18 heavy (non-hydrogen) atoms. The highest BCUT2D eigenvalue weighted by Gasteiger charge is 1.95. The van der Waals surface area contributed by atoms with E-state index in [-0.39, 0.29) is 0 Å². The lowest BCUT2D eigenvalue weighted by molar-refractivity contribution is 0.313. The van der Waals surface area contributed by atoms with Crippen molar-refractivity contribution >= 4 is 5.96 Å². The van der Waals surface area contributed by atoms with Gasteiger partial charge < -0.3 is 15.8 Å². The minimum Gasteiger partial charge on any atom is -0.494 e. The topological polar surface area (TPSA) is 59.6 Å². The molecule has 0 atom stereocenters. The van der Waals surface area contributed by atoms with Crippen molar-refractivity contribution in [2.24, 2.45) is 10.7 Å². The predicted octanol–water partition coefficient (Wildman–Crippen LogP) is 2.08. The SMILES string of the molecule is Cc1ccc(OCCCN=C(N)NC(C)C)cc1. The summed E-state index contributed by atoms with van der Waals surface area (Å²) < 4.78 is 5.59. The number of aliphatic imine (C=N–C) groups is 1. The van der Waals surface area contributed by atoms with Gasteiger partial charge in [0.1, 0.15) is 5.75 Å². The van der Waals surface area contributed by atoms with Crippen LogP contribution < -0.4 is 15.8 Å². The van der Waals surface area contributed by atoms with E-state index in [2.05, 4.69) is 17.2 Å². The van der Waals surface area contributed by atoms with E-state index in [0.29, 0.717) is 25.2 Å². The zero-order valence-electron chi connectivity index (χ0n) is 11.4. The summed E-state index contributed by atoms with van der Waals surface area (Å²) in [6.07, 6.45) is 0.856. The smallest absolute Gasteiger partial charge is 0.188 e. The lowest BCUT2D eigenvalue weighted by atomic mass is 10.2. The Balaban J connectivity index is 2.17. The van der Waals surface area contributed by atoms with Crippen molar-refractivity contribution in [3.8, 4) is 5.75 Å². The average molecular weight is 249 g/mol. The molecule has 3 N–H and O–H groups in total. The zero-order chi connectivity index (χ0) is 13.4. The van der Waals surface area contributed by atoms with Crippen molar-refractivity contribution in [2.45, 2.75) is 33.2 Å². The van der Waals surface area contributed by atoms with Crippen LogP contribution in [0, 0.1) is 6.92 Å². The molecule has 100 valence electrons. The van der Waals surface area contributed by atoms with Crippen molar-refractivity contribution in [1.82, 2.24) is 5.32 Å². The third kappa shape index (κ3) is 6.13. The monoisotopic (exact) mass is 249 g/mol. The second-order valence-electron chi connectivity index (χ2n) is 4.58. The average Bonchev–Trinajstić information content (AvgIpc) is 2.30. The third-order valence-electron chi connectivity index (χ3n) is 2.31. The molecule has 1 aromatic rings. The minimum atomic E-state index is 0.317. The van der Waals surface area contributed by atoms with Crippen molar-refractivity contribution in [3.63, 3.8) is 0 Å². The van der Waals surface area contributed by atoms with Crippen LogP contribution in [0.15, 0.2) is 29.3 Å². The molecule has 1 aromatic carbocycles. The Morgan fingerprint density at radius 2 is 2.00 bits per heavy atom. The fourth-order valence-electron chi connectivity index (χ4n) is 1.43. The van der Waals surface area contributed by atoms with E-state index in [4.69, 9.17) is 10.5 Å². The molecule has 4 heteroatoms. The van der Waals surface area contributed by atoms with Gasteiger partial charge in [0.05, 0.1) is 6.61 Å². The number of ether oxygens (including phenoxy) is 1. The Morgan fingerprint density at radius 1 is 1.33 bits per heavy atom. The Hall–Kier alpha value is -1.71. The number of hydrogen-bond acceptors (Lipinski definition) is 2. The van der Waals surface area contributed by atoms with Gasteiger partial charge in [0, 0.05) is 19.0 Å². The van der Waals surface area contributed by atoms with Crippen LogP contribution in [0.2, 0.25) is 0 Å². The molecular formula is C14H23N3O. The molecule has 0 aliphatic heterocycles. The van der Waals surface area contributed by atoms with Crippen LogP contribution in [0.4, 0.5) is 0 Å². The molecule has 0 aliphatic rings. The van der Waals surface area contributed by atoms with Crippen LogP contribution in [-0.4, -0.2) is 25.2 Å². The number of nitrogens with one attached hydrogen (secondary N) is 1. The van der Waals surface area contributed by atoms with Crippen molar-refractivity contribution < 1.29 is 4.74 Å². The van der Waals surface area contributed by atoms with Gasteiger partial charge in [-0.25, -0.2) is 0 Å². The number of hydrogen-bond donors (Lipinski definition) is 2. The van der Waals surface area contributed by atoms with Gasteiger partial charge in [0.2, 0.25) is 0 Å². The first kappa shape index (κ1) is 14.4. The van der Waals surface area contributed by atoms with Gasteiger partial charge in [0.15, 0.2) is 5.96 Å². The van der Waals surface area contributed by atoms with Crippen LogP contribution in [0.1, 0.15) is 25.8 Å². The molecule has 0 heterocycles. The van der Waals surface area contributed by atoms with Crippen LogP contribution in [0.25, 0.3) is 0 Å². The molecule has 4 nitrogen and oxygen atoms in total. The van der Waals surface area contributed by atoms with Crippen LogP contribution in [-0.2, 0) is 0 Å². The number of benzene rings is 1.